The molecule has 0 unspecified atom stereocenters. The lowest BCUT2D eigenvalue weighted by Gasteiger charge is -2.27. The van der Waals surface area contributed by atoms with Crippen LogP contribution in [0.4, 0.5) is 5.82 Å². The fourth-order valence-corrected chi connectivity index (χ4v) is 2.03. The van der Waals surface area contributed by atoms with E-state index < -0.39 is 0 Å². The molecule has 0 amide bonds. The number of rotatable bonds is 5. The summed E-state index contributed by atoms with van der Waals surface area (Å²) in [6, 6.07) is 4.01. The first-order valence-corrected chi connectivity index (χ1v) is 7.15. The molecule has 108 valence electrons. The van der Waals surface area contributed by atoms with Gasteiger partial charge in [0.1, 0.15) is 5.82 Å². The fraction of sp³-hybridized carbons (Fsp3) is 0.688. The van der Waals surface area contributed by atoms with E-state index in [-0.39, 0.29) is 12.0 Å². The summed E-state index contributed by atoms with van der Waals surface area (Å²) in [5.74, 6) is 1.57. The van der Waals surface area contributed by atoms with E-state index in [0.29, 0.717) is 5.92 Å². The number of nitrogens with zero attached hydrogens (tertiary/aromatic N) is 2. The quantitative estimate of drug-likeness (QED) is 0.886. The zero-order valence-electron chi connectivity index (χ0n) is 13.2. The predicted molar refractivity (Wildman–Crippen MR) is 81.6 cm³/mol. The largest absolute Gasteiger partial charge is 0.392 e. The average Bonchev–Trinajstić information content (AvgIpc) is 2.34. The zero-order chi connectivity index (χ0) is 14.6. The summed E-state index contributed by atoms with van der Waals surface area (Å²) >= 11 is 0. The first kappa shape index (κ1) is 16.0. The monoisotopic (exact) mass is 264 g/mol. The van der Waals surface area contributed by atoms with Gasteiger partial charge in [0.05, 0.1) is 6.61 Å². The molecule has 3 nitrogen and oxygen atoms in total. The van der Waals surface area contributed by atoms with Gasteiger partial charge in [0, 0.05) is 24.2 Å². The molecule has 0 fully saturated rings. The Kier molecular flexibility index (Phi) is 5.36. The SMILES string of the molecule is CCN(CC(C)C)c1cc(CO)cc(C(C)(C)C)n1. The average molecular weight is 264 g/mol. The van der Waals surface area contributed by atoms with Crippen LogP contribution in [0.25, 0.3) is 0 Å². The minimum atomic E-state index is -0.00281. The van der Waals surface area contributed by atoms with E-state index in [9.17, 15) is 5.11 Å². The lowest BCUT2D eigenvalue weighted by molar-refractivity contribution is 0.281. The van der Waals surface area contributed by atoms with E-state index in [1.54, 1.807) is 0 Å². The number of aromatic nitrogens is 1. The first-order chi connectivity index (χ1) is 8.77. The van der Waals surface area contributed by atoms with E-state index >= 15 is 0 Å². The van der Waals surface area contributed by atoms with Crippen molar-refractivity contribution < 1.29 is 5.11 Å². The van der Waals surface area contributed by atoms with Crippen molar-refractivity contribution in [3.05, 3.63) is 23.4 Å². The number of pyridine rings is 1. The maximum atomic E-state index is 9.44. The van der Waals surface area contributed by atoms with E-state index in [4.69, 9.17) is 4.98 Å². The van der Waals surface area contributed by atoms with Gasteiger partial charge in [-0.3, -0.25) is 0 Å². The summed E-state index contributed by atoms with van der Waals surface area (Å²) in [5, 5.41) is 9.44. The van der Waals surface area contributed by atoms with Crippen molar-refractivity contribution >= 4 is 5.82 Å². The van der Waals surface area contributed by atoms with Gasteiger partial charge in [-0.25, -0.2) is 4.98 Å². The van der Waals surface area contributed by atoms with Crippen molar-refractivity contribution in [3.8, 4) is 0 Å². The van der Waals surface area contributed by atoms with Crippen LogP contribution in [0.2, 0.25) is 0 Å². The van der Waals surface area contributed by atoms with Crippen molar-refractivity contribution in [1.82, 2.24) is 4.98 Å². The second kappa shape index (κ2) is 6.38. The molecule has 3 heteroatoms. The summed E-state index contributed by atoms with van der Waals surface area (Å²) in [6.07, 6.45) is 0. The molecule has 1 rings (SSSR count). The van der Waals surface area contributed by atoms with Crippen LogP contribution < -0.4 is 4.90 Å². The summed E-state index contributed by atoms with van der Waals surface area (Å²) in [5.41, 5.74) is 1.98. The summed E-state index contributed by atoms with van der Waals surface area (Å²) in [4.78, 5) is 7.07. The molecule has 0 radical (unpaired) electrons. The third-order valence-electron chi connectivity index (χ3n) is 3.11. The normalized spacial score (nSPS) is 12.0. The van der Waals surface area contributed by atoms with Crippen molar-refractivity contribution in [3.63, 3.8) is 0 Å². The maximum Gasteiger partial charge on any atom is 0.129 e. The van der Waals surface area contributed by atoms with Crippen LogP contribution in [-0.2, 0) is 12.0 Å². The van der Waals surface area contributed by atoms with Crippen LogP contribution in [0.3, 0.4) is 0 Å². The van der Waals surface area contributed by atoms with Gasteiger partial charge in [-0.2, -0.15) is 0 Å². The minimum Gasteiger partial charge on any atom is -0.392 e. The molecule has 0 aliphatic heterocycles. The van der Waals surface area contributed by atoms with Crippen molar-refractivity contribution in [2.24, 2.45) is 5.92 Å². The lowest BCUT2D eigenvalue weighted by Crippen LogP contribution is -2.29. The Morgan fingerprint density at radius 2 is 1.89 bits per heavy atom. The molecule has 0 aromatic carbocycles. The highest BCUT2D eigenvalue weighted by Gasteiger charge is 2.19. The van der Waals surface area contributed by atoms with Crippen LogP contribution in [0.5, 0.6) is 0 Å². The molecule has 0 bridgehead atoms. The smallest absolute Gasteiger partial charge is 0.129 e. The summed E-state index contributed by atoms with van der Waals surface area (Å²) in [6.45, 7) is 15.0. The number of hydrogen-bond donors (Lipinski definition) is 1. The van der Waals surface area contributed by atoms with Crippen LogP contribution in [0.15, 0.2) is 12.1 Å². The standard InChI is InChI=1S/C16H28N2O/c1-7-18(10-12(2)3)15-9-13(11-19)8-14(17-15)16(4,5)6/h8-9,12,19H,7,10-11H2,1-6H3. The molecule has 1 aromatic heterocycles. The summed E-state index contributed by atoms with van der Waals surface area (Å²) < 4.78 is 0. The molecule has 0 saturated carbocycles. The Bertz CT molecular complexity index is 408. The highest BCUT2D eigenvalue weighted by Crippen LogP contribution is 2.25. The van der Waals surface area contributed by atoms with E-state index in [2.05, 4.69) is 46.4 Å². The molecule has 19 heavy (non-hydrogen) atoms. The Hall–Kier alpha value is -1.09. The van der Waals surface area contributed by atoms with Gasteiger partial charge in [0.2, 0.25) is 0 Å². The predicted octanol–water partition coefficient (Wildman–Crippen LogP) is 3.35. The van der Waals surface area contributed by atoms with Crippen molar-refractivity contribution in [2.45, 2.75) is 53.6 Å². The molecule has 0 saturated heterocycles. The number of aliphatic hydroxyl groups excluding tert-OH is 1. The van der Waals surface area contributed by atoms with E-state index in [1.807, 2.05) is 12.1 Å². The topological polar surface area (TPSA) is 36.4 Å². The molecule has 1 aromatic rings. The van der Waals surface area contributed by atoms with Gasteiger partial charge in [-0.1, -0.05) is 34.6 Å². The van der Waals surface area contributed by atoms with Gasteiger partial charge in [0.15, 0.2) is 0 Å². The molecule has 1 N–H and O–H groups in total. The Morgan fingerprint density at radius 3 is 2.32 bits per heavy atom. The van der Waals surface area contributed by atoms with Crippen LogP contribution in [0, 0.1) is 5.92 Å². The van der Waals surface area contributed by atoms with E-state index in [1.165, 1.54) is 0 Å². The number of anilines is 1. The molecule has 0 spiro atoms. The Balaban J connectivity index is 3.18. The van der Waals surface area contributed by atoms with Crippen LogP contribution >= 0.6 is 0 Å². The third kappa shape index (κ3) is 4.50. The second-order valence-corrected chi connectivity index (χ2v) is 6.56. The van der Waals surface area contributed by atoms with Gasteiger partial charge in [-0.15, -0.1) is 0 Å². The van der Waals surface area contributed by atoms with Gasteiger partial charge < -0.3 is 10.0 Å². The molecular weight excluding hydrogens is 236 g/mol. The molecule has 1 heterocycles. The van der Waals surface area contributed by atoms with E-state index in [0.717, 1.165) is 30.2 Å². The van der Waals surface area contributed by atoms with Crippen LogP contribution in [-0.4, -0.2) is 23.2 Å². The van der Waals surface area contributed by atoms with Gasteiger partial charge >= 0.3 is 0 Å². The molecule has 0 atom stereocenters. The number of aliphatic hydroxyl groups is 1. The second-order valence-electron chi connectivity index (χ2n) is 6.56. The van der Waals surface area contributed by atoms with Crippen LogP contribution in [0.1, 0.15) is 52.8 Å². The van der Waals surface area contributed by atoms with Crippen molar-refractivity contribution in [2.75, 3.05) is 18.0 Å². The Labute approximate surface area is 117 Å². The lowest BCUT2D eigenvalue weighted by atomic mass is 9.91. The molecule has 0 aliphatic rings. The number of hydrogen-bond acceptors (Lipinski definition) is 3. The summed E-state index contributed by atoms with van der Waals surface area (Å²) in [7, 11) is 0. The minimum absolute atomic E-state index is 0.00281. The molecular formula is C16H28N2O. The molecule has 0 aliphatic carbocycles. The van der Waals surface area contributed by atoms with Crippen molar-refractivity contribution in [1.29, 1.82) is 0 Å². The van der Waals surface area contributed by atoms with Gasteiger partial charge in [0.25, 0.3) is 0 Å². The fourth-order valence-electron chi connectivity index (χ4n) is 2.03. The third-order valence-corrected chi connectivity index (χ3v) is 3.11. The van der Waals surface area contributed by atoms with Gasteiger partial charge in [-0.05, 0) is 30.5 Å². The highest BCUT2D eigenvalue weighted by atomic mass is 16.3. The Morgan fingerprint density at radius 1 is 1.26 bits per heavy atom. The first-order valence-electron chi connectivity index (χ1n) is 7.15. The highest BCUT2D eigenvalue weighted by molar-refractivity contribution is 5.43. The maximum absolute atomic E-state index is 9.44. The zero-order valence-corrected chi connectivity index (χ0v) is 13.2.